The average Bonchev–Trinajstić information content (AvgIpc) is 2.64. The summed E-state index contributed by atoms with van der Waals surface area (Å²) in [5.74, 6) is -1.76. The zero-order valence-corrected chi connectivity index (χ0v) is 14.5. The molecule has 0 spiro atoms. The molecule has 0 bridgehead atoms. The molecular formula is C17H16ClN3O5. The van der Waals surface area contributed by atoms with Crippen molar-refractivity contribution in [1.29, 1.82) is 0 Å². The van der Waals surface area contributed by atoms with Crippen LogP contribution in [0.15, 0.2) is 42.5 Å². The van der Waals surface area contributed by atoms with Gasteiger partial charge in [0.1, 0.15) is 5.75 Å². The van der Waals surface area contributed by atoms with Crippen molar-refractivity contribution in [2.75, 3.05) is 19.5 Å². The van der Waals surface area contributed by atoms with Crippen LogP contribution in [0, 0.1) is 0 Å². The van der Waals surface area contributed by atoms with Crippen molar-refractivity contribution in [1.82, 2.24) is 10.9 Å². The van der Waals surface area contributed by atoms with Gasteiger partial charge in [0, 0.05) is 10.7 Å². The normalized spacial score (nSPS) is 9.92. The number of amides is 2. The lowest BCUT2D eigenvalue weighted by atomic mass is 10.2. The zero-order valence-electron chi connectivity index (χ0n) is 13.7. The maximum atomic E-state index is 12.1. The fourth-order valence-corrected chi connectivity index (χ4v) is 2.09. The summed E-state index contributed by atoms with van der Waals surface area (Å²) in [6, 6.07) is 10.5. The number of carbonyl (C=O) groups is 3. The predicted octanol–water partition coefficient (Wildman–Crippen LogP) is 1.55. The van der Waals surface area contributed by atoms with Gasteiger partial charge in [-0.15, -0.1) is 0 Å². The Bertz CT molecular complexity index is 824. The molecule has 0 aliphatic carbocycles. The van der Waals surface area contributed by atoms with Gasteiger partial charge in [0.15, 0.2) is 6.61 Å². The fraction of sp³-hybridized carbons (Fsp3) is 0.118. The first-order valence-corrected chi connectivity index (χ1v) is 7.74. The number of hydrogen-bond donors (Lipinski definition) is 3. The van der Waals surface area contributed by atoms with Crippen LogP contribution in [0.5, 0.6) is 5.75 Å². The highest BCUT2D eigenvalue weighted by molar-refractivity contribution is 6.31. The van der Waals surface area contributed by atoms with E-state index in [0.29, 0.717) is 10.7 Å². The SMILES string of the molecule is COc1ccc(Cl)cc1C(=O)NNC(=O)COC(=O)c1ccc(N)cc1. The van der Waals surface area contributed by atoms with Gasteiger partial charge in [-0.1, -0.05) is 11.6 Å². The zero-order chi connectivity index (χ0) is 19.1. The first-order chi connectivity index (χ1) is 12.4. The molecule has 0 atom stereocenters. The van der Waals surface area contributed by atoms with E-state index in [9.17, 15) is 14.4 Å². The van der Waals surface area contributed by atoms with E-state index in [-0.39, 0.29) is 16.9 Å². The molecule has 0 unspecified atom stereocenters. The molecule has 9 heteroatoms. The molecule has 4 N–H and O–H groups in total. The minimum absolute atomic E-state index is 0.138. The molecule has 2 rings (SSSR count). The number of nitrogens with one attached hydrogen (secondary N) is 2. The summed E-state index contributed by atoms with van der Waals surface area (Å²) in [5.41, 5.74) is 10.7. The first kappa shape index (κ1) is 19.1. The average molecular weight is 378 g/mol. The van der Waals surface area contributed by atoms with E-state index in [1.807, 2.05) is 0 Å². The van der Waals surface area contributed by atoms with Crippen molar-refractivity contribution in [2.24, 2.45) is 0 Å². The van der Waals surface area contributed by atoms with Crippen LogP contribution in [0.2, 0.25) is 5.02 Å². The second kappa shape index (κ2) is 8.72. The van der Waals surface area contributed by atoms with Crippen molar-refractivity contribution < 1.29 is 23.9 Å². The second-order valence-electron chi connectivity index (χ2n) is 5.05. The van der Waals surface area contributed by atoms with Gasteiger partial charge in [0.05, 0.1) is 18.2 Å². The van der Waals surface area contributed by atoms with Gasteiger partial charge in [-0.2, -0.15) is 0 Å². The van der Waals surface area contributed by atoms with Gasteiger partial charge >= 0.3 is 5.97 Å². The highest BCUT2D eigenvalue weighted by Gasteiger charge is 2.15. The number of hydrazine groups is 1. The maximum Gasteiger partial charge on any atom is 0.338 e. The van der Waals surface area contributed by atoms with Gasteiger partial charge in [0.25, 0.3) is 11.8 Å². The molecule has 0 aliphatic heterocycles. The van der Waals surface area contributed by atoms with Gasteiger partial charge in [-0.05, 0) is 42.5 Å². The van der Waals surface area contributed by atoms with Crippen molar-refractivity contribution >= 4 is 35.1 Å². The number of carbonyl (C=O) groups excluding carboxylic acids is 3. The summed E-state index contributed by atoms with van der Waals surface area (Å²) < 4.78 is 9.90. The first-order valence-electron chi connectivity index (χ1n) is 7.36. The molecule has 26 heavy (non-hydrogen) atoms. The van der Waals surface area contributed by atoms with Crippen LogP contribution < -0.4 is 21.3 Å². The number of nitrogens with two attached hydrogens (primary N) is 1. The third-order valence-corrected chi connectivity index (χ3v) is 3.44. The van der Waals surface area contributed by atoms with Crippen LogP contribution in [-0.4, -0.2) is 31.5 Å². The van der Waals surface area contributed by atoms with Crippen LogP contribution >= 0.6 is 11.6 Å². The van der Waals surface area contributed by atoms with E-state index in [1.165, 1.54) is 43.5 Å². The van der Waals surface area contributed by atoms with Gasteiger partial charge in [-0.3, -0.25) is 20.4 Å². The lowest BCUT2D eigenvalue weighted by Gasteiger charge is -2.11. The summed E-state index contributed by atoms with van der Waals surface area (Å²) in [7, 11) is 1.40. The number of ether oxygens (including phenoxy) is 2. The number of nitrogen functional groups attached to an aromatic ring is 1. The Balaban J connectivity index is 1.85. The maximum absolute atomic E-state index is 12.1. The monoisotopic (exact) mass is 377 g/mol. The highest BCUT2D eigenvalue weighted by atomic mass is 35.5. The molecule has 2 amide bonds. The fourth-order valence-electron chi connectivity index (χ4n) is 1.92. The Hall–Kier alpha value is -3.26. The van der Waals surface area contributed by atoms with Crippen molar-refractivity contribution in [3.05, 3.63) is 58.6 Å². The molecule has 0 aliphatic rings. The van der Waals surface area contributed by atoms with Crippen LogP contribution in [0.1, 0.15) is 20.7 Å². The van der Waals surface area contributed by atoms with E-state index in [4.69, 9.17) is 26.8 Å². The highest BCUT2D eigenvalue weighted by Crippen LogP contribution is 2.22. The summed E-state index contributed by atoms with van der Waals surface area (Å²) in [5, 5.41) is 0.333. The topological polar surface area (TPSA) is 120 Å². The Kier molecular flexibility index (Phi) is 6.40. The minimum atomic E-state index is -0.719. The standard InChI is InChI=1S/C17H16ClN3O5/c1-25-14-7-4-11(18)8-13(14)16(23)21-20-15(22)9-26-17(24)10-2-5-12(19)6-3-10/h2-8H,9,19H2,1H3,(H,20,22)(H,21,23). The lowest BCUT2D eigenvalue weighted by molar-refractivity contribution is -0.125. The molecule has 0 heterocycles. The van der Waals surface area contributed by atoms with Gasteiger partial charge < -0.3 is 15.2 Å². The van der Waals surface area contributed by atoms with Crippen LogP contribution in [0.25, 0.3) is 0 Å². The molecule has 0 radical (unpaired) electrons. The predicted molar refractivity (Wildman–Crippen MR) is 94.7 cm³/mol. The van der Waals surface area contributed by atoms with Crippen LogP contribution in [0.3, 0.4) is 0 Å². The molecule has 0 saturated heterocycles. The molecule has 0 saturated carbocycles. The molecule has 0 aromatic heterocycles. The van der Waals surface area contributed by atoms with Crippen molar-refractivity contribution in [3.63, 3.8) is 0 Å². The number of benzene rings is 2. The summed E-state index contributed by atoms with van der Waals surface area (Å²) in [6.45, 7) is -0.573. The van der Waals surface area contributed by atoms with E-state index in [1.54, 1.807) is 6.07 Å². The Labute approximate surface area is 154 Å². The summed E-state index contributed by atoms with van der Waals surface area (Å²) >= 11 is 5.84. The molecular weight excluding hydrogens is 362 g/mol. The number of methoxy groups -OCH3 is 1. The van der Waals surface area contributed by atoms with Crippen molar-refractivity contribution in [3.8, 4) is 5.75 Å². The van der Waals surface area contributed by atoms with E-state index in [0.717, 1.165) is 0 Å². The van der Waals surface area contributed by atoms with E-state index < -0.39 is 24.4 Å². The smallest absolute Gasteiger partial charge is 0.338 e. The Morgan fingerprint density at radius 3 is 2.42 bits per heavy atom. The summed E-state index contributed by atoms with van der Waals surface area (Å²) in [6.07, 6.45) is 0. The third kappa shape index (κ3) is 5.12. The Morgan fingerprint density at radius 2 is 1.77 bits per heavy atom. The number of esters is 1. The molecule has 8 nitrogen and oxygen atoms in total. The number of hydrogen-bond acceptors (Lipinski definition) is 6. The van der Waals surface area contributed by atoms with Gasteiger partial charge in [-0.25, -0.2) is 4.79 Å². The molecule has 0 fully saturated rings. The van der Waals surface area contributed by atoms with Crippen LogP contribution in [-0.2, 0) is 9.53 Å². The number of anilines is 1. The van der Waals surface area contributed by atoms with Crippen LogP contribution in [0.4, 0.5) is 5.69 Å². The summed E-state index contributed by atoms with van der Waals surface area (Å²) in [4.78, 5) is 35.6. The number of rotatable bonds is 5. The Morgan fingerprint density at radius 1 is 1.08 bits per heavy atom. The van der Waals surface area contributed by atoms with Gasteiger partial charge in [0.2, 0.25) is 0 Å². The third-order valence-electron chi connectivity index (χ3n) is 3.20. The largest absolute Gasteiger partial charge is 0.496 e. The molecule has 2 aromatic rings. The lowest BCUT2D eigenvalue weighted by Crippen LogP contribution is -2.43. The second-order valence-corrected chi connectivity index (χ2v) is 5.48. The minimum Gasteiger partial charge on any atom is -0.496 e. The quantitative estimate of drug-likeness (QED) is 0.413. The molecule has 136 valence electrons. The van der Waals surface area contributed by atoms with E-state index in [2.05, 4.69) is 10.9 Å². The van der Waals surface area contributed by atoms with E-state index >= 15 is 0 Å². The molecule has 2 aromatic carbocycles. The number of halogens is 1. The van der Waals surface area contributed by atoms with Crippen molar-refractivity contribution in [2.45, 2.75) is 0 Å².